The van der Waals surface area contributed by atoms with Crippen LogP contribution in [0.1, 0.15) is 52.4 Å². The topological polar surface area (TPSA) is 30.5 Å². The molecule has 18 heavy (non-hydrogen) atoms. The number of hydrogen-bond donors (Lipinski definition) is 1. The summed E-state index contributed by atoms with van der Waals surface area (Å²) in [6.45, 7) is 8.63. The molecule has 0 aromatic heterocycles. The average molecular weight is 257 g/mol. The molecule has 1 unspecified atom stereocenters. The largest absolute Gasteiger partial charge is 0.379 e. The molecule has 1 aliphatic carbocycles. The van der Waals surface area contributed by atoms with E-state index < -0.39 is 0 Å². The van der Waals surface area contributed by atoms with Crippen LogP contribution in [-0.2, 0) is 9.47 Å². The fourth-order valence-electron chi connectivity index (χ4n) is 2.63. The van der Waals surface area contributed by atoms with E-state index in [-0.39, 0.29) is 0 Å². The van der Waals surface area contributed by atoms with Gasteiger partial charge in [-0.1, -0.05) is 26.7 Å². The first-order valence-electron chi connectivity index (χ1n) is 7.77. The lowest BCUT2D eigenvalue weighted by Crippen LogP contribution is -2.39. The van der Waals surface area contributed by atoms with Crippen molar-refractivity contribution in [3.8, 4) is 0 Å². The molecule has 1 fully saturated rings. The molecule has 0 aliphatic heterocycles. The summed E-state index contributed by atoms with van der Waals surface area (Å²) in [5.41, 5.74) is 0. The maximum absolute atomic E-state index is 5.76. The van der Waals surface area contributed by atoms with Crippen LogP contribution in [0.15, 0.2) is 0 Å². The Labute approximate surface area is 113 Å². The summed E-state index contributed by atoms with van der Waals surface area (Å²) in [5, 5.41) is 3.65. The van der Waals surface area contributed by atoms with E-state index >= 15 is 0 Å². The SMILES string of the molecule is CCCNC(COCCOCCC)C1CCCC1. The van der Waals surface area contributed by atoms with E-state index in [0.717, 1.165) is 45.3 Å². The van der Waals surface area contributed by atoms with E-state index in [9.17, 15) is 0 Å². The zero-order chi connectivity index (χ0) is 13.1. The molecule has 0 saturated heterocycles. The van der Waals surface area contributed by atoms with Crippen molar-refractivity contribution >= 4 is 0 Å². The summed E-state index contributed by atoms with van der Waals surface area (Å²) in [7, 11) is 0. The summed E-state index contributed by atoms with van der Waals surface area (Å²) in [4.78, 5) is 0. The number of nitrogens with one attached hydrogen (secondary N) is 1. The van der Waals surface area contributed by atoms with Gasteiger partial charge in [0.05, 0.1) is 19.8 Å². The number of rotatable bonds is 11. The maximum Gasteiger partial charge on any atom is 0.0701 e. The normalized spacial score (nSPS) is 18.3. The second-order valence-corrected chi connectivity index (χ2v) is 5.29. The average Bonchev–Trinajstić information content (AvgIpc) is 2.91. The number of ether oxygens (including phenoxy) is 2. The molecule has 0 aromatic carbocycles. The van der Waals surface area contributed by atoms with E-state index in [1.54, 1.807) is 0 Å². The highest BCUT2D eigenvalue weighted by molar-refractivity contribution is 4.80. The van der Waals surface area contributed by atoms with Gasteiger partial charge in [-0.3, -0.25) is 0 Å². The lowest BCUT2D eigenvalue weighted by Gasteiger charge is -2.24. The lowest BCUT2D eigenvalue weighted by atomic mass is 9.99. The van der Waals surface area contributed by atoms with Gasteiger partial charge in [-0.15, -0.1) is 0 Å². The van der Waals surface area contributed by atoms with Gasteiger partial charge in [-0.05, 0) is 38.1 Å². The predicted octanol–water partition coefficient (Wildman–Crippen LogP) is 2.99. The first-order chi connectivity index (χ1) is 8.88. The van der Waals surface area contributed by atoms with Gasteiger partial charge in [-0.2, -0.15) is 0 Å². The Morgan fingerprint density at radius 2 is 1.72 bits per heavy atom. The van der Waals surface area contributed by atoms with Crippen molar-refractivity contribution in [2.45, 2.75) is 58.4 Å². The first kappa shape index (κ1) is 15.9. The van der Waals surface area contributed by atoms with Crippen molar-refractivity contribution in [3.05, 3.63) is 0 Å². The standard InChI is InChI=1S/C15H31NO2/c1-3-9-16-15(14-7-5-6-8-14)13-18-12-11-17-10-4-2/h14-16H,3-13H2,1-2H3. The van der Waals surface area contributed by atoms with Crippen LogP contribution in [0.5, 0.6) is 0 Å². The van der Waals surface area contributed by atoms with Crippen LogP contribution in [0.25, 0.3) is 0 Å². The molecule has 1 rings (SSSR count). The van der Waals surface area contributed by atoms with Crippen molar-refractivity contribution in [2.75, 3.05) is 33.0 Å². The van der Waals surface area contributed by atoms with Gasteiger partial charge in [0, 0.05) is 12.6 Å². The first-order valence-corrected chi connectivity index (χ1v) is 7.77. The van der Waals surface area contributed by atoms with Crippen molar-refractivity contribution in [1.82, 2.24) is 5.32 Å². The zero-order valence-electron chi connectivity index (χ0n) is 12.2. The van der Waals surface area contributed by atoms with E-state index in [1.165, 1.54) is 32.1 Å². The molecule has 1 aliphatic rings. The maximum atomic E-state index is 5.76. The predicted molar refractivity (Wildman–Crippen MR) is 76.0 cm³/mol. The third-order valence-corrected chi connectivity index (χ3v) is 3.64. The van der Waals surface area contributed by atoms with Gasteiger partial charge in [0.15, 0.2) is 0 Å². The Kier molecular flexibility index (Phi) is 9.54. The molecule has 1 saturated carbocycles. The van der Waals surface area contributed by atoms with E-state index in [2.05, 4.69) is 19.2 Å². The van der Waals surface area contributed by atoms with Gasteiger partial charge in [-0.25, -0.2) is 0 Å². The highest BCUT2D eigenvalue weighted by Gasteiger charge is 2.24. The fourth-order valence-corrected chi connectivity index (χ4v) is 2.63. The summed E-state index contributed by atoms with van der Waals surface area (Å²) >= 11 is 0. The zero-order valence-corrected chi connectivity index (χ0v) is 12.2. The second-order valence-electron chi connectivity index (χ2n) is 5.29. The van der Waals surface area contributed by atoms with Crippen LogP contribution in [0, 0.1) is 5.92 Å². The van der Waals surface area contributed by atoms with Crippen molar-refractivity contribution in [3.63, 3.8) is 0 Å². The third kappa shape index (κ3) is 6.72. The second kappa shape index (κ2) is 10.8. The number of hydrogen-bond acceptors (Lipinski definition) is 3. The van der Waals surface area contributed by atoms with Gasteiger partial charge < -0.3 is 14.8 Å². The summed E-state index contributed by atoms with van der Waals surface area (Å²) in [6, 6.07) is 0.554. The fraction of sp³-hybridized carbons (Fsp3) is 1.00. The molecule has 108 valence electrons. The van der Waals surface area contributed by atoms with Crippen LogP contribution in [0.3, 0.4) is 0 Å². The highest BCUT2D eigenvalue weighted by atomic mass is 16.5. The molecule has 0 bridgehead atoms. The van der Waals surface area contributed by atoms with E-state index in [4.69, 9.17) is 9.47 Å². The smallest absolute Gasteiger partial charge is 0.0701 e. The van der Waals surface area contributed by atoms with Crippen LogP contribution in [0.2, 0.25) is 0 Å². The van der Waals surface area contributed by atoms with Crippen LogP contribution in [0.4, 0.5) is 0 Å². The van der Waals surface area contributed by atoms with Crippen molar-refractivity contribution < 1.29 is 9.47 Å². The molecule has 1 atom stereocenters. The Morgan fingerprint density at radius 1 is 1.00 bits per heavy atom. The monoisotopic (exact) mass is 257 g/mol. The molecule has 1 N–H and O–H groups in total. The molecule has 0 radical (unpaired) electrons. The third-order valence-electron chi connectivity index (χ3n) is 3.64. The van der Waals surface area contributed by atoms with Gasteiger partial charge in [0.1, 0.15) is 0 Å². The minimum atomic E-state index is 0.554. The molecular formula is C15H31NO2. The van der Waals surface area contributed by atoms with Gasteiger partial charge >= 0.3 is 0 Å². The summed E-state index contributed by atoms with van der Waals surface area (Å²) < 4.78 is 11.2. The molecule has 0 heterocycles. The van der Waals surface area contributed by atoms with Crippen molar-refractivity contribution in [1.29, 1.82) is 0 Å². The Bertz CT molecular complexity index is 181. The Hall–Kier alpha value is -0.120. The van der Waals surface area contributed by atoms with E-state index in [0.29, 0.717) is 6.04 Å². The summed E-state index contributed by atoms with van der Waals surface area (Å²) in [5.74, 6) is 0.827. The minimum absolute atomic E-state index is 0.554. The van der Waals surface area contributed by atoms with Crippen molar-refractivity contribution in [2.24, 2.45) is 5.92 Å². The molecule has 0 aromatic rings. The molecule has 0 spiro atoms. The van der Waals surface area contributed by atoms with Crippen LogP contribution < -0.4 is 5.32 Å². The van der Waals surface area contributed by atoms with Gasteiger partial charge in [0.25, 0.3) is 0 Å². The molecular weight excluding hydrogens is 226 g/mol. The van der Waals surface area contributed by atoms with E-state index in [1.807, 2.05) is 0 Å². The quantitative estimate of drug-likeness (QED) is 0.577. The molecule has 0 amide bonds. The van der Waals surface area contributed by atoms with Gasteiger partial charge in [0.2, 0.25) is 0 Å². The van der Waals surface area contributed by atoms with Crippen LogP contribution >= 0.6 is 0 Å². The van der Waals surface area contributed by atoms with Crippen LogP contribution in [-0.4, -0.2) is 39.0 Å². The minimum Gasteiger partial charge on any atom is -0.379 e. The summed E-state index contributed by atoms with van der Waals surface area (Å²) in [6.07, 6.45) is 7.82. The Morgan fingerprint density at radius 3 is 2.39 bits per heavy atom. The lowest BCUT2D eigenvalue weighted by molar-refractivity contribution is 0.0325. The molecule has 3 heteroatoms. The Balaban J connectivity index is 2.11. The molecule has 3 nitrogen and oxygen atoms in total. The highest BCUT2D eigenvalue weighted by Crippen LogP contribution is 2.27.